The highest BCUT2D eigenvalue weighted by atomic mass is 32.1. The van der Waals surface area contributed by atoms with Crippen LogP contribution in [0.2, 0.25) is 0 Å². The Labute approximate surface area is 137 Å². The number of aromatic nitrogens is 4. The molecular weight excluding hydrogens is 312 g/mol. The number of fused-ring (bicyclic) bond motifs is 1. The Morgan fingerprint density at radius 1 is 1.22 bits per heavy atom. The summed E-state index contributed by atoms with van der Waals surface area (Å²) in [6.07, 6.45) is 1.51. The monoisotopic (exact) mass is 328 g/mol. The maximum absolute atomic E-state index is 12.6. The molecule has 118 valence electrons. The average molecular weight is 328 g/mol. The molecule has 0 radical (unpaired) electrons. The molecule has 3 aromatic rings. The van der Waals surface area contributed by atoms with E-state index in [1.807, 2.05) is 4.90 Å². The third-order valence-corrected chi connectivity index (χ3v) is 4.90. The first kappa shape index (κ1) is 14.1. The van der Waals surface area contributed by atoms with Crippen molar-refractivity contribution in [2.45, 2.75) is 6.92 Å². The third-order valence-electron chi connectivity index (χ3n) is 4.00. The molecule has 1 aliphatic rings. The van der Waals surface area contributed by atoms with E-state index in [4.69, 9.17) is 0 Å². The first-order valence-corrected chi connectivity index (χ1v) is 8.30. The van der Waals surface area contributed by atoms with Crippen LogP contribution in [0.3, 0.4) is 0 Å². The summed E-state index contributed by atoms with van der Waals surface area (Å²) in [5.41, 5.74) is 2.47. The summed E-state index contributed by atoms with van der Waals surface area (Å²) >= 11 is 1.28. The molecule has 2 aromatic heterocycles. The van der Waals surface area contributed by atoms with Crippen LogP contribution in [0.5, 0.6) is 0 Å². The molecule has 0 spiro atoms. The Balaban J connectivity index is 1.44. The summed E-state index contributed by atoms with van der Waals surface area (Å²) in [6, 6.07) is 8.46. The predicted octanol–water partition coefficient (Wildman–Crippen LogP) is 1.46. The lowest BCUT2D eigenvalue weighted by Crippen LogP contribution is -2.48. The van der Waals surface area contributed by atoms with Gasteiger partial charge in [0, 0.05) is 31.9 Å². The van der Waals surface area contributed by atoms with Gasteiger partial charge in [-0.1, -0.05) is 23.5 Å². The molecule has 1 fully saturated rings. The van der Waals surface area contributed by atoms with Crippen molar-refractivity contribution in [1.82, 2.24) is 24.7 Å². The first-order chi connectivity index (χ1) is 11.2. The van der Waals surface area contributed by atoms with Crippen LogP contribution in [0.4, 0.5) is 5.69 Å². The molecule has 1 saturated heterocycles. The summed E-state index contributed by atoms with van der Waals surface area (Å²) in [4.78, 5) is 17.4. The quantitative estimate of drug-likeness (QED) is 0.712. The molecule has 7 nitrogen and oxygen atoms in total. The molecule has 1 amide bonds. The summed E-state index contributed by atoms with van der Waals surface area (Å²) in [7, 11) is 0. The zero-order valence-corrected chi connectivity index (χ0v) is 13.5. The van der Waals surface area contributed by atoms with Gasteiger partial charge >= 0.3 is 0 Å². The molecular formula is C15H16N6OS. The highest BCUT2D eigenvalue weighted by molar-refractivity contribution is 7.18. The van der Waals surface area contributed by atoms with Gasteiger partial charge < -0.3 is 9.80 Å². The minimum absolute atomic E-state index is 0.0237. The van der Waals surface area contributed by atoms with Crippen LogP contribution in [0.1, 0.15) is 15.4 Å². The number of piperazine rings is 1. The Hall–Kier alpha value is -2.48. The van der Waals surface area contributed by atoms with E-state index < -0.39 is 0 Å². The van der Waals surface area contributed by atoms with Crippen molar-refractivity contribution in [3.63, 3.8) is 0 Å². The van der Waals surface area contributed by atoms with Gasteiger partial charge in [0.05, 0.1) is 0 Å². The number of carbonyl (C=O) groups is 1. The van der Waals surface area contributed by atoms with Gasteiger partial charge in [-0.25, -0.2) is 0 Å². The van der Waals surface area contributed by atoms with Gasteiger partial charge in [0.1, 0.15) is 6.33 Å². The Bertz CT molecular complexity index is 820. The van der Waals surface area contributed by atoms with E-state index >= 15 is 0 Å². The number of benzene rings is 1. The van der Waals surface area contributed by atoms with Crippen LogP contribution in [-0.4, -0.2) is 56.8 Å². The number of nitrogens with zero attached hydrogens (tertiary/aromatic N) is 6. The number of anilines is 1. The second-order valence-electron chi connectivity index (χ2n) is 5.58. The lowest BCUT2D eigenvalue weighted by molar-refractivity contribution is 0.0745. The van der Waals surface area contributed by atoms with E-state index in [2.05, 4.69) is 51.4 Å². The van der Waals surface area contributed by atoms with Crippen molar-refractivity contribution in [2.75, 3.05) is 31.1 Å². The van der Waals surface area contributed by atoms with Gasteiger partial charge in [-0.15, -0.1) is 15.3 Å². The van der Waals surface area contributed by atoms with E-state index in [1.165, 1.54) is 28.9 Å². The molecule has 0 unspecified atom stereocenters. The van der Waals surface area contributed by atoms with Crippen LogP contribution < -0.4 is 4.90 Å². The van der Waals surface area contributed by atoms with E-state index in [1.54, 1.807) is 4.52 Å². The normalized spacial score (nSPS) is 15.3. The maximum Gasteiger partial charge on any atom is 0.284 e. The molecule has 3 heterocycles. The van der Waals surface area contributed by atoms with Gasteiger partial charge in [0.2, 0.25) is 9.97 Å². The van der Waals surface area contributed by atoms with Crippen LogP contribution in [0, 0.1) is 6.92 Å². The number of hydrogen-bond acceptors (Lipinski definition) is 6. The fourth-order valence-corrected chi connectivity index (χ4v) is 3.56. The smallest absolute Gasteiger partial charge is 0.284 e. The summed E-state index contributed by atoms with van der Waals surface area (Å²) in [5.74, 6) is -0.0237. The Morgan fingerprint density at radius 3 is 2.78 bits per heavy atom. The molecule has 23 heavy (non-hydrogen) atoms. The van der Waals surface area contributed by atoms with Crippen LogP contribution in [0.25, 0.3) is 4.96 Å². The Kier molecular flexibility index (Phi) is 3.45. The third kappa shape index (κ3) is 2.65. The molecule has 8 heteroatoms. The molecule has 4 rings (SSSR count). The molecule has 0 aliphatic carbocycles. The van der Waals surface area contributed by atoms with Gasteiger partial charge in [-0.05, 0) is 24.6 Å². The van der Waals surface area contributed by atoms with Crippen LogP contribution in [-0.2, 0) is 0 Å². The number of amides is 1. The summed E-state index contributed by atoms with van der Waals surface area (Å²) in [6.45, 7) is 5.16. The van der Waals surface area contributed by atoms with Crippen molar-refractivity contribution < 1.29 is 4.79 Å². The van der Waals surface area contributed by atoms with Crippen molar-refractivity contribution in [3.8, 4) is 0 Å². The number of rotatable bonds is 2. The van der Waals surface area contributed by atoms with E-state index in [0.717, 1.165) is 13.1 Å². The zero-order chi connectivity index (χ0) is 15.8. The summed E-state index contributed by atoms with van der Waals surface area (Å²) in [5, 5.41) is 12.4. The average Bonchev–Trinajstić information content (AvgIpc) is 3.16. The Morgan fingerprint density at radius 2 is 2.04 bits per heavy atom. The largest absolute Gasteiger partial charge is 0.368 e. The number of aryl methyl sites for hydroxylation is 1. The predicted molar refractivity (Wildman–Crippen MR) is 88.0 cm³/mol. The number of hydrogen-bond donors (Lipinski definition) is 0. The second kappa shape index (κ2) is 5.62. The molecule has 1 aromatic carbocycles. The summed E-state index contributed by atoms with van der Waals surface area (Å²) < 4.78 is 1.54. The molecule has 0 bridgehead atoms. The van der Waals surface area contributed by atoms with E-state index in [0.29, 0.717) is 23.1 Å². The van der Waals surface area contributed by atoms with Crippen molar-refractivity contribution in [3.05, 3.63) is 41.2 Å². The minimum Gasteiger partial charge on any atom is -0.368 e. The molecule has 1 aliphatic heterocycles. The van der Waals surface area contributed by atoms with Crippen molar-refractivity contribution in [1.29, 1.82) is 0 Å². The number of carbonyl (C=O) groups excluding carboxylic acids is 1. The lowest BCUT2D eigenvalue weighted by atomic mass is 10.2. The highest BCUT2D eigenvalue weighted by Crippen LogP contribution is 2.20. The zero-order valence-electron chi connectivity index (χ0n) is 12.7. The molecule has 0 saturated carbocycles. The highest BCUT2D eigenvalue weighted by Gasteiger charge is 2.25. The molecule has 0 atom stereocenters. The van der Waals surface area contributed by atoms with Crippen LogP contribution in [0.15, 0.2) is 30.6 Å². The van der Waals surface area contributed by atoms with Gasteiger partial charge in [0.25, 0.3) is 5.91 Å². The molecule has 0 N–H and O–H groups in total. The fraction of sp³-hybridized carbons (Fsp3) is 0.333. The minimum atomic E-state index is -0.0237. The van der Waals surface area contributed by atoms with Gasteiger partial charge in [-0.2, -0.15) is 4.52 Å². The van der Waals surface area contributed by atoms with E-state index in [9.17, 15) is 4.79 Å². The first-order valence-electron chi connectivity index (χ1n) is 7.48. The standard InChI is InChI=1S/C15H16N6OS/c1-11-3-2-4-12(9-11)19-5-7-20(8-6-19)14(22)13-18-21-10-16-17-15(21)23-13/h2-4,9-10H,5-8H2,1H3. The maximum atomic E-state index is 12.6. The van der Waals surface area contributed by atoms with Gasteiger partial charge in [-0.3, -0.25) is 4.79 Å². The lowest BCUT2D eigenvalue weighted by Gasteiger charge is -2.35. The fourth-order valence-electron chi connectivity index (χ4n) is 2.77. The topological polar surface area (TPSA) is 66.6 Å². The SMILES string of the molecule is Cc1cccc(N2CCN(C(=O)c3nn4cnnc4s3)CC2)c1. The van der Waals surface area contributed by atoms with Crippen molar-refractivity contribution in [2.24, 2.45) is 0 Å². The van der Waals surface area contributed by atoms with Gasteiger partial charge in [0.15, 0.2) is 0 Å². The van der Waals surface area contributed by atoms with E-state index in [-0.39, 0.29) is 5.91 Å². The van der Waals surface area contributed by atoms with Crippen LogP contribution >= 0.6 is 11.3 Å². The second-order valence-corrected chi connectivity index (χ2v) is 6.54. The van der Waals surface area contributed by atoms with Crippen molar-refractivity contribution >= 4 is 27.9 Å².